The van der Waals surface area contributed by atoms with Gasteiger partial charge in [0.1, 0.15) is 19.8 Å². The predicted octanol–water partition coefficient (Wildman–Crippen LogP) is 10.9. The third-order valence-electron chi connectivity index (χ3n) is 8.97. The second-order valence-corrected chi connectivity index (χ2v) is 16.8. The lowest BCUT2D eigenvalue weighted by Crippen LogP contribution is -2.37. The Morgan fingerprint density at radius 1 is 0.596 bits per heavy atom. The van der Waals surface area contributed by atoms with Gasteiger partial charge in [0.05, 0.1) is 27.7 Å². The molecule has 306 valence electrons. The van der Waals surface area contributed by atoms with E-state index >= 15 is 0 Å². The van der Waals surface area contributed by atoms with Gasteiger partial charge >= 0.3 is 11.9 Å². The average molecular weight is 758 g/mol. The number of phosphoric ester groups is 1. The fourth-order valence-corrected chi connectivity index (χ4v) is 6.35. The summed E-state index contributed by atoms with van der Waals surface area (Å²) in [4.78, 5) is 37.4. The topological polar surface area (TPSA) is 111 Å². The minimum absolute atomic E-state index is 0.0314. The molecule has 0 rings (SSSR count). The van der Waals surface area contributed by atoms with E-state index in [1.165, 1.54) is 89.9 Å². The summed E-state index contributed by atoms with van der Waals surface area (Å²) in [6.07, 6.45) is 36.2. The predicted molar refractivity (Wildman–Crippen MR) is 213 cm³/mol. The average Bonchev–Trinajstić information content (AvgIpc) is 3.09. The minimum atomic E-state index is -4.62. The van der Waals surface area contributed by atoms with E-state index in [4.69, 9.17) is 18.5 Å². The second-order valence-electron chi connectivity index (χ2n) is 15.4. The van der Waals surface area contributed by atoms with Crippen LogP contribution in [0, 0.1) is 0 Å². The third-order valence-corrected chi connectivity index (χ3v) is 9.94. The summed E-state index contributed by atoms with van der Waals surface area (Å²) in [6.45, 7) is 4.18. The number of quaternary nitrogens is 1. The zero-order chi connectivity index (χ0) is 38.6. The van der Waals surface area contributed by atoms with Crippen LogP contribution in [0.2, 0.25) is 0 Å². The quantitative estimate of drug-likeness (QED) is 0.0201. The number of nitrogens with zero attached hydrogens (tertiary/aromatic N) is 1. The molecule has 0 amide bonds. The highest BCUT2D eigenvalue weighted by Crippen LogP contribution is 2.38. The molecule has 0 aliphatic heterocycles. The molecule has 0 aliphatic carbocycles. The van der Waals surface area contributed by atoms with Crippen LogP contribution in [0.5, 0.6) is 0 Å². The Kier molecular flexibility index (Phi) is 34.2. The van der Waals surface area contributed by atoms with E-state index in [0.29, 0.717) is 23.9 Å². The number of phosphoric acid groups is 1. The molecule has 0 bridgehead atoms. The van der Waals surface area contributed by atoms with E-state index in [0.717, 1.165) is 51.4 Å². The van der Waals surface area contributed by atoms with Crippen LogP contribution in [0.4, 0.5) is 0 Å². The summed E-state index contributed by atoms with van der Waals surface area (Å²) in [7, 11) is 1.16. The number of unbranched alkanes of at least 4 members (excludes halogenated alkanes) is 20. The molecule has 9 nitrogen and oxygen atoms in total. The SMILES string of the molecule is CCCCC/C=C/C/C=C/CCCCCCCC(=O)OC[C@H](COP(=O)([O-])OCC[N+](C)(C)C)OC(=O)CCCCCCCCCCCCCCC. The van der Waals surface area contributed by atoms with Crippen molar-refractivity contribution < 1.29 is 42.1 Å². The van der Waals surface area contributed by atoms with Crippen LogP contribution >= 0.6 is 7.82 Å². The zero-order valence-electron chi connectivity index (χ0n) is 34.3. The molecule has 0 saturated carbocycles. The molecule has 0 N–H and O–H groups in total. The Hall–Kier alpha value is -1.51. The lowest BCUT2D eigenvalue weighted by Gasteiger charge is -2.28. The molecule has 0 heterocycles. The second kappa shape index (κ2) is 35.2. The summed E-state index contributed by atoms with van der Waals surface area (Å²) >= 11 is 0. The molecular formula is C42H80NO8P. The fraction of sp³-hybridized carbons (Fsp3) is 0.857. The first kappa shape index (κ1) is 50.5. The Morgan fingerprint density at radius 3 is 1.56 bits per heavy atom. The molecule has 0 aromatic heterocycles. The van der Waals surface area contributed by atoms with Gasteiger partial charge in [-0.3, -0.25) is 14.2 Å². The van der Waals surface area contributed by atoms with Gasteiger partial charge in [-0.2, -0.15) is 0 Å². The number of ether oxygens (including phenoxy) is 2. The number of rotatable bonds is 38. The van der Waals surface area contributed by atoms with Crippen molar-refractivity contribution in [1.29, 1.82) is 0 Å². The van der Waals surface area contributed by atoms with Crippen molar-refractivity contribution >= 4 is 19.8 Å². The Bertz CT molecular complexity index is 949. The van der Waals surface area contributed by atoms with Gasteiger partial charge in [0.2, 0.25) is 0 Å². The van der Waals surface area contributed by atoms with Crippen LogP contribution in [0.1, 0.15) is 181 Å². The molecule has 1 unspecified atom stereocenters. The lowest BCUT2D eigenvalue weighted by molar-refractivity contribution is -0.870. The number of likely N-dealkylation sites (N-methyl/N-ethyl adjacent to an activating group) is 1. The molecule has 2 atom stereocenters. The largest absolute Gasteiger partial charge is 0.756 e. The third kappa shape index (κ3) is 38.2. The highest BCUT2D eigenvalue weighted by molar-refractivity contribution is 7.45. The van der Waals surface area contributed by atoms with Gasteiger partial charge in [-0.15, -0.1) is 0 Å². The minimum Gasteiger partial charge on any atom is -0.756 e. The number of allylic oxidation sites excluding steroid dienone is 4. The Balaban J connectivity index is 4.40. The number of hydrogen-bond donors (Lipinski definition) is 0. The van der Waals surface area contributed by atoms with Crippen LogP contribution in [0.25, 0.3) is 0 Å². The van der Waals surface area contributed by atoms with Crippen molar-refractivity contribution in [3.63, 3.8) is 0 Å². The maximum atomic E-state index is 12.6. The van der Waals surface area contributed by atoms with Crippen LogP contribution < -0.4 is 4.89 Å². The van der Waals surface area contributed by atoms with Gasteiger partial charge in [0.25, 0.3) is 7.82 Å². The van der Waals surface area contributed by atoms with Crippen molar-refractivity contribution in [1.82, 2.24) is 0 Å². The number of carbonyl (C=O) groups excluding carboxylic acids is 2. The first-order valence-corrected chi connectivity index (χ1v) is 22.5. The number of hydrogen-bond acceptors (Lipinski definition) is 8. The van der Waals surface area contributed by atoms with Crippen LogP contribution in [0.15, 0.2) is 24.3 Å². The van der Waals surface area contributed by atoms with Crippen LogP contribution in [-0.2, 0) is 32.7 Å². The molecular weight excluding hydrogens is 677 g/mol. The molecule has 0 aromatic rings. The van der Waals surface area contributed by atoms with E-state index < -0.39 is 32.5 Å². The van der Waals surface area contributed by atoms with E-state index in [-0.39, 0.29) is 26.1 Å². The summed E-state index contributed by atoms with van der Waals surface area (Å²) < 4.78 is 33.8. The maximum absolute atomic E-state index is 12.6. The standard InChI is InChI=1S/C42H80NO8P/c1-6-8-10-12-14-16-18-20-21-23-24-26-28-30-32-34-41(44)48-38-40(39-50-52(46,47)49-37-36-43(3,4)5)51-42(45)35-33-31-29-27-25-22-19-17-15-13-11-9-7-2/h14,16,20-21,40H,6-13,15,17-19,22-39H2,1-5H3/b16-14+,21-20+/t40-/m1/s1. The molecule has 0 fully saturated rings. The molecule has 0 aliphatic rings. The normalized spacial score (nSPS) is 13.9. The summed E-state index contributed by atoms with van der Waals surface area (Å²) in [6, 6.07) is 0. The van der Waals surface area contributed by atoms with Crippen molar-refractivity contribution in [2.45, 2.75) is 187 Å². The highest BCUT2D eigenvalue weighted by atomic mass is 31.2. The van der Waals surface area contributed by atoms with Crippen molar-refractivity contribution in [2.75, 3.05) is 47.5 Å². The van der Waals surface area contributed by atoms with Gasteiger partial charge in [-0.1, -0.05) is 147 Å². The van der Waals surface area contributed by atoms with Crippen LogP contribution in [-0.4, -0.2) is 70.0 Å². The smallest absolute Gasteiger partial charge is 0.306 e. The van der Waals surface area contributed by atoms with Gasteiger partial charge < -0.3 is 27.9 Å². The Morgan fingerprint density at radius 2 is 1.04 bits per heavy atom. The zero-order valence-corrected chi connectivity index (χ0v) is 35.2. The summed E-state index contributed by atoms with van der Waals surface area (Å²) in [5.41, 5.74) is 0. The van der Waals surface area contributed by atoms with E-state index in [9.17, 15) is 19.0 Å². The van der Waals surface area contributed by atoms with Gasteiger partial charge in [-0.05, 0) is 44.9 Å². The number of esters is 2. The number of carbonyl (C=O) groups is 2. The van der Waals surface area contributed by atoms with Crippen molar-refractivity contribution in [2.24, 2.45) is 0 Å². The maximum Gasteiger partial charge on any atom is 0.306 e. The Labute approximate surface area is 319 Å². The van der Waals surface area contributed by atoms with E-state index in [2.05, 4.69) is 38.2 Å². The summed E-state index contributed by atoms with van der Waals surface area (Å²) in [5.74, 6) is -0.846. The van der Waals surface area contributed by atoms with Crippen LogP contribution in [0.3, 0.4) is 0 Å². The molecule has 0 aromatic carbocycles. The highest BCUT2D eigenvalue weighted by Gasteiger charge is 2.21. The van der Waals surface area contributed by atoms with Gasteiger partial charge in [-0.25, -0.2) is 0 Å². The van der Waals surface area contributed by atoms with Crippen molar-refractivity contribution in [3.8, 4) is 0 Å². The van der Waals surface area contributed by atoms with Crippen molar-refractivity contribution in [3.05, 3.63) is 24.3 Å². The van der Waals surface area contributed by atoms with E-state index in [1.807, 2.05) is 21.1 Å². The molecule has 10 heteroatoms. The molecule has 0 saturated heterocycles. The molecule has 52 heavy (non-hydrogen) atoms. The lowest BCUT2D eigenvalue weighted by atomic mass is 10.0. The summed E-state index contributed by atoms with van der Waals surface area (Å²) in [5, 5.41) is 0. The van der Waals surface area contributed by atoms with Gasteiger partial charge in [0, 0.05) is 12.8 Å². The fourth-order valence-electron chi connectivity index (χ4n) is 5.63. The van der Waals surface area contributed by atoms with E-state index in [1.54, 1.807) is 0 Å². The molecule has 0 radical (unpaired) electrons. The van der Waals surface area contributed by atoms with Gasteiger partial charge in [0.15, 0.2) is 6.10 Å². The molecule has 0 spiro atoms. The monoisotopic (exact) mass is 758 g/mol. The first-order valence-electron chi connectivity index (χ1n) is 21.0. The first-order chi connectivity index (χ1) is 25.0.